The lowest BCUT2D eigenvalue weighted by atomic mass is 10.4. The van der Waals surface area contributed by atoms with E-state index in [0.29, 0.717) is 0 Å². The number of halogens is 5. The zero-order chi connectivity index (χ0) is 8.59. The molecule has 1 aromatic heterocycles. The van der Waals surface area contributed by atoms with Crippen LogP contribution in [0.15, 0.2) is 0 Å². The molecule has 0 unspecified atom stereocenters. The molecule has 0 saturated heterocycles. The minimum atomic E-state index is -2.20. The van der Waals surface area contributed by atoms with E-state index in [1.807, 2.05) is 0 Å². The Morgan fingerprint density at radius 1 is 0.636 bits per heavy atom. The van der Waals surface area contributed by atoms with E-state index >= 15 is 0 Å². The molecule has 60 valence electrons. The molecule has 0 saturated carbocycles. The van der Waals surface area contributed by atoms with Crippen molar-refractivity contribution in [3.05, 3.63) is 29.3 Å². The molecule has 1 nitrogen and oxygen atoms in total. The first kappa shape index (κ1) is 7.90. The molecule has 1 heterocycles. The summed E-state index contributed by atoms with van der Waals surface area (Å²) >= 11 is 0. The normalized spacial score (nSPS) is 10.3. The highest BCUT2D eigenvalue weighted by Crippen LogP contribution is 2.13. The molecule has 0 bridgehead atoms. The van der Waals surface area contributed by atoms with Crippen LogP contribution in [0, 0.1) is 29.3 Å². The van der Waals surface area contributed by atoms with E-state index in [2.05, 4.69) is 4.98 Å². The van der Waals surface area contributed by atoms with Crippen molar-refractivity contribution < 1.29 is 22.0 Å². The van der Waals surface area contributed by atoms with Crippen LogP contribution in [-0.2, 0) is 0 Å². The second-order valence-corrected chi connectivity index (χ2v) is 1.64. The highest BCUT2D eigenvalue weighted by atomic mass is 19.2. The van der Waals surface area contributed by atoms with E-state index in [0.717, 1.165) is 0 Å². The Bertz CT molecular complexity index is 271. The summed E-state index contributed by atoms with van der Waals surface area (Å²) < 4.78 is 59.7. The van der Waals surface area contributed by atoms with Gasteiger partial charge in [0, 0.05) is 0 Å². The fraction of sp³-hybridized carbons (Fsp3) is 0. The predicted octanol–water partition coefficient (Wildman–Crippen LogP) is 1.78. The van der Waals surface area contributed by atoms with Crippen LogP contribution in [-0.4, -0.2) is 4.98 Å². The molecule has 0 amide bonds. The molecule has 0 spiro atoms. The SMILES string of the molecule is Fc1nc(F)c(F)c(F)c1F. The van der Waals surface area contributed by atoms with Gasteiger partial charge in [0.1, 0.15) is 0 Å². The number of hydrogen-bond donors (Lipinski definition) is 0. The summed E-state index contributed by atoms with van der Waals surface area (Å²) in [6.07, 6.45) is 0. The van der Waals surface area contributed by atoms with Crippen molar-refractivity contribution in [2.75, 3.05) is 0 Å². The molecule has 0 atom stereocenters. The van der Waals surface area contributed by atoms with Crippen molar-refractivity contribution in [1.29, 1.82) is 0 Å². The third-order valence-electron chi connectivity index (χ3n) is 0.944. The molecule has 0 aliphatic rings. The summed E-state index contributed by atoms with van der Waals surface area (Å²) in [5, 5.41) is 0. The lowest BCUT2D eigenvalue weighted by Crippen LogP contribution is -2.03. The zero-order valence-electron chi connectivity index (χ0n) is 4.84. The minimum Gasteiger partial charge on any atom is -0.200 e. The summed E-state index contributed by atoms with van der Waals surface area (Å²) in [6, 6.07) is 0. The number of hydrogen-bond acceptors (Lipinski definition) is 1. The van der Waals surface area contributed by atoms with E-state index in [1.54, 1.807) is 0 Å². The van der Waals surface area contributed by atoms with E-state index < -0.39 is 29.3 Å². The zero-order valence-corrected chi connectivity index (χ0v) is 4.84. The maximum Gasteiger partial charge on any atom is 0.254 e. The minimum absolute atomic E-state index is 2.00. The summed E-state index contributed by atoms with van der Waals surface area (Å²) in [7, 11) is 0. The first-order valence-corrected chi connectivity index (χ1v) is 2.39. The van der Waals surface area contributed by atoms with Crippen molar-refractivity contribution in [3.8, 4) is 0 Å². The average molecular weight is 169 g/mol. The van der Waals surface area contributed by atoms with Gasteiger partial charge in [0.05, 0.1) is 0 Å². The summed E-state index contributed by atoms with van der Waals surface area (Å²) in [4.78, 5) is 2.11. The van der Waals surface area contributed by atoms with Gasteiger partial charge in [-0.1, -0.05) is 0 Å². The van der Waals surface area contributed by atoms with E-state index in [4.69, 9.17) is 0 Å². The van der Waals surface area contributed by atoms with Gasteiger partial charge < -0.3 is 0 Å². The molecular formula is C5F5N. The Hall–Kier alpha value is -1.20. The molecule has 1 aromatic rings. The van der Waals surface area contributed by atoms with Crippen molar-refractivity contribution in [1.82, 2.24) is 4.98 Å². The third kappa shape index (κ3) is 1.15. The van der Waals surface area contributed by atoms with E-state index in [1.165, 1.54) is 0 Å². The highest BCUT2D eigenvalue weighted by molar-refractivity contribution is 5.03. The molecule has 0 aliphatic carbocycles. The Kier molecular flexibility index (Phi) is 1.76. The molecule has 0 radical (unpaired) electrons. The summed E-state index contributed by atoms with van der Waals surface area (Å²) in [5.41, 5.74) is 0. The van der Waals surface area contributed by atoms with Gasteiger partial charge >= 0.3 is 0 Å². The van der Waals surface area contributed by atoms with Crippen LogP contribution >= 0.6 is 0 Å². The summed E-state index contributed by atoms with van der Waals surface area (Å²) in [6.45, 7) is 0. The molecule has 0 aromatic carbocycles. The first-order valence-electron chi connectivity index (χ1n) is 2.39. The second kappa shape index (κ2) is 2.44. The quantitative estimate of drug-likeness (QED) is 0.426. The fourth-order valence-corrected chi connectivity index (χ4v) is 0.462. The third-order valence-corrected chi connectivity index (χ3v) is 0.944. The largest absolute Gasteiger partial charge is 0.254 e. The summed E-state index contributed by atoms with van der Waals surface area (Å²) in [5.74, 6) is -10.4. The Balaban J connectivity index is 3.46. The maximum absolute atomic E-state index is 12.0. The van der Waals surface area contributed by atoms with Gasteiger partial charge in [0.15, 0.2) is 0 Å². The van der Waals surface area contributed by atoms with Crippen LogP contribution in [0.5, 0.6) is 0 Å². The molecule has 0 fully saturated rings. The standard InChI is InChI=1S/C5F5N/c6-1-2(7)4(9)11-5(10)3(1)8. The van der Waals surface area contributed by atoms with Crippen molar-refractivity contribution >= 4 is 0 Å². The number of nitrogens with zero attached hydrogens (tertiary/aromatic N) is 1. The Labute approximate surface area is 57.5 Å². The molecule has 0 aliphatic heterocycles. The molecule has 1 rings (SSSR count). The fourth-order valence-electron chi connectivity index (χ4n) is 0.462. The lowest BCUT2D eigenvalue weighted by molar-refractivity contribution is 0.348. The predicted molar refractivity (Wildman–Crippen MR) is 24.0 cm³/mol. The second-order valence-electron chi connectivity index (χ2n) is 1.64. The van der Waals surface area contributed by atoms with Crippen molar-refractivity contribution in [2.45, 2.75) is 0 Å². The Morgan fingerprint density at radius 2 is 1.00 bits per heavy atom. The van der Waals surface area contributed by atoms with Gasteiger partial charge in [0.2, 0.25) is 17.5 Å². The average Bonchev–Trinajstić information content (AvgIpc) is 1.97. The molecular weight excluding hydrogens is 169 g/mol. The van der Waals surface area contributed by atoms with E-state index in [-0.39, 0.29) is 0 Å². The van der Waals surface area contributed by atoms with Crippen LogP contribution in [0.3, 0.4) is 0 Å². The van der Waals surface area contributed by atoms with Crippen LogP contribution in [0.1, 0.15) is 0 Å². The van der Waals surface area contributed by atoms with Gasteiger partial charge in [-0.3, -0.25) is 0 Å². The van der Waals surface area contributed by atoms with Gasteiger partial charge in [-0.2, -0.15) is 22.5 Å². The van der Waals surface area contributed by atoms with Gasteiger partial charge in [-0.25, -0.2) is 4.39 Å². The van der Waals surface area contributed by atoms with Crippen LogP contribution in [0.25, 0.3) is 0 Å². The lowest BCUT2D eigenvalue weighted by Gasteiger charge is -1.95. The van der Waals surface area contributed by atoms with Crippen molar-refractivity contribution in [3.63, 3.8) is 0 Å². The number of pyridine rings is 1. The Morgan fingerprint density at radius 3 is 1.36 bits per heavy atom. The first-order chi connectivity index (χ1) is 5.04. The molecule has 0 N–H and O–H groups in total. The van der Waals surface area contributed by atoms with Crippen LogP contribution in [0.4, 0.5) is 22.0 Å². The topological polar surface area (TPSA) is 12.9 Å². The molecule has 6 heteroatoms. The maximum atomic E-state index is 12.0. The van der Waals surface area contributed by atoms with Crippen molar-refractivity contribution in [2.24, 2.45) is 0 Å². The van der Waals surface area contributed by atoms with Gasteiger partial charge in [0.25, 0.3) is 11.9 Å². The van der Waals surface area contributed by atoms with Gasteiger partial charge in [-0.15, -0.1) is 0 Å². The van der Waals surface area contributed by atoms with Gasteiger partial charge in [-0.05, 0) is 0 Å². The van der Waals surface area contributed by atoms with Crippen LogP contribution < -0.4 is 0 Å². The number of aromatic nitrogens is 1. The van der Waals surface area contributed by atoms with Crippen LogP contribution in [0.2, 0.25) is 0 Å². The monoisotopic (exact) mass is 169 g/mol. The smallest absolute Gasteiger partial charge is 0.200 e. The highest BCUT2D eigenvalue weighted by Gasteiger charge is 2.19. The number of rotatable bonds is 0. The molecule has 11 heavy (non-hydrogen) atoms. The van der Waals surface area contributed by atoms with E-state index in [9.17, 15) is 22.0 Å².